The zero-order chi connectivity index (χ0) is 22.5. The van der Waals surface area contributed by atoms with Crippen molar-refractivity contribution in [3.8, 4) is 17.2 Å². The first kappa shape index (κ1) is 22.3. The summed E-state index contributed by atoms with van der Waals surface area (Å²) in [5, 5.41) is 71.9. The molecule has 0 spiro atoms. The quantitative estimate of drug-likeness (QED) is 0.353. The number of aliphatic hydroxyl groups is 4. The van der Waals surface area contributed by atoms with Gasteiger partial charge in [-0.15, -0.1) is 0 Å². The van der Waals surface area contributed by atoms with Gasteiger partial charge in [-0.3, -0.25) is 4.79 Å². The molecule has 2 aromatic rings. The fourth-order valence-electron chi connectivity index (χ4n) is 4.16. The zero-order valence-corrected chi connectivity index (χ0v) is 16.8. The molecule has 1 aliphatic carbocycles. The number of Topliss-reactive ketones (excluding diaryl/α,β-unsaturated/α-hetero) is 1. The topological polar surface area (TPSA) is 168 Å². The van der Waals surface area contributed by atoms with Crippen molar-refractivity contribution in [2.75, 3.05) is 7.11 Å². The summed E-state index contributed by atoms with van der Waals surface area (Å²) in [5.74, 6) is -2.89. The number of fused-ring (bicyclic) bond motifs is 2. The van der Waals surface area contributed by atoms with Gasteiger partial charge >= 0.3 is 0 Å². The zero-order valence-electron chi connectivity index (χ0n) is 16.8. The number of phenols is 3. The Morgan fingerprint density at radius 2 is 1.70 bits per heavy atom. The van der Waals surface area contributed by atoms with Crippen LogP contribution in [-0.2, 0) is 11.2 Å². The molecule has 0 unspecified atom stereocenters. The van der Waals surface area contributed by atoms with Gasteiger partial charge in [-0.2, -0.15) is 0 Å². The molecular formula is C21H26O9. The second kappa shape index (κ2) is 8.01. The maximum Gasteiger partial charge on any atom is 0.195 e. The highest BCUT2D eigenvalue weighted by Gasteiger charge is 2.45. The summed E-state index contributed by atoms with van der Waals surface area (Å²) < 4.78 is 5.25. The van der Waals surface area contributed by atoms with Gasteiger partial charge in [0, 0.05) is 18.6 Å². The molecule has 0 bridgehead atoms. The van der Waals surface area contributed by atoms with Crippen LogP contribution >= 0.6 is 0 Å². The first-order valence-corrected chi connectivity index (χ1v) is 9.50. The molecule has 9 nitrogen and oxygen atoms in total. The molecule has 0 heterocycles. The molecule has 6 atom stereocenters. The van der Waals surface area contributed by atoms with Gasteiger partial charge in [-0.1, -0.05) is 0 Å². The molecule has 0 aromatic heterocycles. The van der Waals surface area contributed by atoms with Gasteiger partial charge in [0.05, 0.1) is 23.2 Å². The summed E-state index contributed by atoms with van der Waals surface area (Å²) in [6, 6.07) is 2.85. The van der Waals surface area contributed by atoms with Crippen LogP contribution in [0.1, 0.15) is 28.4 Å². The number of aromatic hydroxyl groups is 3. The lowest BCUT2D eigenvalue weighted by Crippen LogP contribution is -2.53. The van der Waals surface area contributed by atoms with Gasteiger partial charge in [0.1, 0.15) is 35.6 Å². The number of carbonyl (C=O) groups is 1. The van der Waals surface area contributed by atoms with Gasteiger partial charge < -0.3 is 40.5 Å². The fourth-order valence-corrected chi connectivity index (χ4v) is 4.16. The summed E-state index contributed by atoms with van der Waals surface area (Å²) >= 11 is 0. The molecule has 164 valence electrons. The standard InChI is InChI=1S/C21H26O9/c1-7-12(23)6-10-4-9-5-11(21(30-3)20(29)16(25)8(2)22)17(26)19(28)14(9)18(27)13(10)15(7)24/h4,6,8,11,16-17,20-27,29H,5H2,1-3H3/t8-,11-,16+,17+,20-,21+/m1/s1. The van der Waals surface area contributed by atoms with E-state index in [0.717, 1.165) is 0 Å². The van der Waals surface area contributed by atoms with Crippen LogP contribution in [0.25, 0.3) is 10.8 Å². The minimum Gasteiger partial charge on any atom is -0.508 e. The van der Waals surface area contributed by atoms with E-state index in [-0.39, 0.29) is 39.8 Å². The van der Waals surface area contributed by atoms with Gasteiger partial charge in [-0.25, -0.2) is 0 Å². The smallest absolute Gasteiger partial charge is 0.195 e. The molecule has 0 fully saturated rings. The molecule has 0 radical (unpaired) electrons. The number of rotatable bonds is 5. The SMILES string of the molecule is CO[C@H]([C@H](O)[C@@H](O)[C@@H](C)O)[C@@H]1Cc2cc3cc(O)c(C)c(O)c3c(O)c2C(=O)[C@H]1O. The molecular weight excluding hydrogens is 396 g/mol. The Morgan fingerprint density at radius 3 is 2.27 bits per heavy atom. The Hall–Kier alpha value is -2.43. The van der Waals surface area contributed by atoms with E-state index in [1.54, 1.807) is 0 Å². The maximum atomic E-state index is 12.9. The van der Waals surface area contributed by atoms with E-state index >= 15 is 0 Å². The van der Waals surface area contributed by atoms with Crippen LogP contribution < -0.4 is 0 Å². The largest absolute Gasteiger partial charge is 0.508 e. The fraction of sp³-hybridized carbons (Fsp3) is 0.476. The third-order valence-electron chi connectivity index (χ3n) is 5.93. The average Bonchev–Trinajstić information content (AvgIpc) is 2.69. The van der Waals surface area contributed by atoms with Crippen molar-refractivity contribution in [2.24, 2.45) is 5.92 Å². The first-order valence-electron chi connectivity index (χ1n) is 9.50. The van der Waals surface area contributed by atoms with E-state index in [0.29, 0.717) is 5.56 Å². The summed E-state index contributed by atoms with van der Waals surface area (Å²) in [5.41, 5.74) is 0.296. The minimum absolute atomic E-state index is 0.0107. The van der Waals surface area contributed by atoms with Crippen molar-refractivity contribution in [1.82, 2.24) is 0 Å². The summed E-state index contributed by atoms with van der Waals surface area (Å²) in [6.07, 6.45) is -7.30. The lowest BCUT2D eigenvalue weighted by Gasteiger charge is -2.38. The van der Waals surface area contributed by atoms with Crippen molar-refractivity contribution < 1.29 is 45.3 Å². The lowest BCUT2D eigenvalue weighted by molar-refractivity contribution is -0.137. The Labute approximate surface area is 172 Å². The van der Waals surface area contributed by atoms with Gasteiger partial charge in [0.25, 0.3) is 0 Å². The number of carbonyl (C=O) groups excluding carboxylic acids is 1. The second-order valence-electron chi connectivity index (χ2n) is 7.83. The number of hydrogen-bond donors (Lipinski definition) is 7. The molecule has 0 saturated heterocycles. The van der Waals surface area contributed by atoms with Crippen LogP contribution in [-0.4, -0.2) is 79.2 Å². The van der Waals surface area contributed by atoms with Crippen LogP contribution in [0, 0.1) is 12.8 Å². The monoisotopic (exact) mass is 422 g/mol. The predicted molar refractivity (Wildman–Crippen MR) is 106 cm³/mol. The normalized spacial score (nSPS) is 23.1. The van der Waals surface area contributed by atoms with Crippen LogP contribution in [0.5, 0.6) is 17.2 Å². The van der Waals surface area contributed by atoms with E-state index in [4.69, 9.17) is 4.74 Å². The third kappa shape index (κ3) is 3.38. The van der Waals surface area contributed by atoms with Gasteiger partial charge in [-0.05, 0) is 43.4 Å². The maximum absolute atomic E-state index is 12.9. The molecule has 1 aliphatic rings. The Bertz CT molecular complexity index is 985. The molecule has 0 amide bonds. The van der Waals surface area contributed by atoms with E-state index in [2.05, 4.69) is 0 Å². The van der Waals surface area contributed by atoms with Crippen LogP contribution in [0.2, 0.25) is 0 Å². The van der Waals surface area contributed by atoms with Gasteiger partial charge in [0.2, 0.25) is 0 Å². The molecule has 7 N–H and O–H groups in total. The molecule has 2 aromatic carbocycles. The van der Waals surface area contributed by atoms with Crippen molar-refractivity contribution >= 4 is 16.6 Å². The van der Waals surface area contributed by atoms with Gasteiger partial charge in [0.15, 0.2) is 5.78 Å². The molecule has 9 heteroatoms. The van der Waals surface area contributed by atoms with E-state index in [1.165, 1.54) is 33.1 Å². The van der Waals surface area contributed by atoms with Crippen LogP contribution in [0.3, 0.4) is 0 Å². The first-order chi connectivity index (χ1) is 14.0. The minimum atomic E-state index is -1.66. The second-order valence-corrected chi connectivity index (χ2v) is 7.83. The van der Waals surface area contributed by atoms with Crippen molar-refractivity contribution in [1.29, 1.82) is 0 Å². The number of aliphatic hydroxyl groups excluding tert-OH is 4. The highest BCUT2D eigenvalue weighted by molar-refractivity contribution is 6.10. The van der Waals surface area contributed by atoms with Crippen molar-refractivity contribution in [3.05, 3.63) is 28.8 Å². The Balaban J connectivity index is 2.13. The summed E-state index contributed by atoms with van der Waals surface area (Å²) in [6.45, 7) is 2.73. The number of phenolic OH excluding ortho intramolecular Hbond substituents is 3. The van der Waals surface area contributed by atoms with E-state index < -0.39 is 48.0 Å². The number of ether oxygens (including phenoxy) is 1. The third-order valence-corrected chi connectivity index (χ3v) is 5.93. The Kier molecular flexibility index (Phi) is 5.94. The summed E-state index contributed by atoms with van der Waals surface area (Å²) in [7, 11) is 1.24. The number of hydrogen-bond acceptors (Lipinski definition) is 9. The highest BCUT2D eigenvalue weighted by atomic mass is 16.5. The van der Waals surface area contributed by atoms with E-state index in [9.17, 15) is 40.5 Å². The number of methoxy groups -OCH3 is 1. The summed E-state index contributed by atoms with van der Waals surface area (Å²) in [4.78, 5) is 12.9. The predicted octanol–water partition coefficient (Wildman–Crippen LogP) is 0.0985. The number of benzene rings is 2. The lowest BCUT2D eigenvalue weighted by atomic mass is 9.74. The van der Waals surface area contributed by atoms with Crippen LogP contribution in [0.4, 0.5) is 0 Å². The molecule has 0 aliphatic heterocycles. The average molecular weight is 422 g/mol. The van der Waals surface area contributed by atoms with E-state index in [1.807, 2.05) is 0 Å². The van der Waals surface area contributed by atoms with Crippen molar-refractivity contribution in [2.45, 2.75) is 50.8 Å². The highest BCUT2D eigenvalue weighted by Crippen LogP contribution is 2.45. The molecule has 3 rings (SSSR count). The number of ketones is 1. The van der Waals surface area contributed by atoms with Crippen LogP contribution in [0.15, 0.2) is 12.1 Å². The molecule has 0 saturated carbocycles. The Morgan fingerprint density at radius 1 is 1.07 bits per heavy atom. The molecule has 30 heavy (non-hydrogen) atoms. The van der Waals surface area contributed by atoms with Crippen molar-refractivity contribution in [3.63, 3.8) is 0 Å².